The number of hydrogen-bond acceptors (Lipinski definition) is 3. The second-order valence-electron chi connectivity index (χ2n) is 4.22. The van der Waals surface area contributed by atoms with E-state index in [1.54, 1.807) is 25.1 Å². The fourth-order valence-corrected chi connectivity index (χ4v) is 1.68. The number of furan rings is 1. The summed E-state index contributed by atoms with van der Waals surface area (Å²) in [6.07, 6.45) is 1.53. The van der Waals surface area contributed by atoms with Crippen LogP contribution in [0.5, 0.6) is 0 Å². The van der Waals surface area contributed by atoms with Gasteiger partial charge in [-0.15, -0.1) is 0 Å². The molecule has 0 atom stereocenters. The first-order valence-corrected chi connectivity index (χ1v) is 5.97. The van der Waals surface area contributed by atoms with Crippen molar-refractivity contribution in [3.05, 3.63) is 53.5 Å². The van der Waals surface area contributed by atoms with Crippen LogP contribution in [0.15, 0.2) is 41.0 Å². The molecule has 1 aromatic heterocycles. The number of amides is 2. The van der Waals surface area contributed by atoms with Crippen molar-refractivity contribution in [2.75, 3.05) is 5.32 Å². The van der Waals surface area contributed by atoms with Gasteiger partial charge in [-0.3, -0.25) is 0 Å². The van der Waals surface area contributed by atoms with Gasteiger partial charge in [0.2, 0.25) is 0 Å². The molecule has 2 amide bonds. The van der Waals surface area contributed by atoms with Crippen molar-refractivity contribution >= 4 is 17.7 Å². The highest BCUT2D eigenvalue weighted by atomic mass is 16.4. The van der Waals surface area contributed by atoms with Gasteiger partial charge in [0.05, 0.1) is 18.4 Å². The second kappa shape index (κ2) is 5.92. The largest absolute Gasteiger partial charge is 0.478 e. The van der Waals surface area contributed by atoms with Crippen LogP contribution in [-0.4, -0.2) is 17.1 Å². The summed E-state index contributed by atoms with van der Waals surface area (Å²) in [7, 11) is 0. The normalized spacial score (nSPS) is 10.1. The third-order valence-electron chi connectivity index (χ3n) is 2.72. The van der Waals surface area contributed by atoms with Crippen LogP contribution in [0.2, 0.25) is 0 Å². The Morgan fingerprint density at radius 1 is 1.30 bits per heavy atom. The molecule has 20 heavy (non-hydrogen) atoms. The number of carbonyl (C=O) groups is 2. The van der Waals surface area contributed by atoms with Crippen LogP contribution < -0.4 is 10.6 Å². The lowest BCUT2D eigenvalue weighted by molar-refractivity contribution is 0.0697. The van der Waals surface area contributed by atoms with Crippen LogP contribution in [0.1, 0.15) is 21.7 Å². The average Bonchev–Trinajstić information content (AvgIpc) is 2.91. The minimum Gasteiger partial charge on any atom is -0.478 e. The Labute approximate surface area is 115 Å². The molecule has 104 valence electrons. The van der Waals surface area contributed by atoms with E-state index in [4.69, 9.17) is 9.52 Å². The molecule has 2 aromatic rings. The molecular weight excluding hydrogens is 260 g/mol. The molecule has 0 aliphatic heterocycles. The van der Waals surface area contributed by atoms with Gasteiger partial charge in [-0.05, 0) is 42.8 Å². The quantitative estimate of drug-likeness (QED) is 0.799. The number of carbonyl (C=O) groups excluding carboxylic acids is 1. The molecule has 0 unspecified atom stereocenters. The van der Waals surface area contributed by atoms with Gasteiger partial charge in [-0.1, -0.05) is 0 Å². The lowest BCUT2D eigenvalue weighted by Gasteiger charge is -2.09. The summed E-state index contributed by atoms with van der Waals surface area (Å²) >= 11 is 0. The van der Waals surface area contributed by atoms with Gasteiger partial charge >= 0.3 is 12.0 Å². The number of hydrogen-bond donors (Lipinski definition) is 3. The zero-order valence-electron chi connectivity index (χ0n) is 10.8. The molecule has 3 N–H and O–H groups in total. The smallest absolute Gasteiger partial charge is 0.335 e. The molecule has 0 aliphatic carbocycles. The molecule has 0 spiro atoms. The van der Waals surface area contributed by atoms with Gasteiger partial charge in [0.25, 0.3) is 0 Å². The van der Waals surface area contributed by atoms with Crippen molar-refractivity contribution in [1.82, 2.24) is 5.32 Å². The summed E-state index contributed by atoms with van der Waals surface area (Å²) in [5.41, 5.74) is 1.43. The number of rotatable bonds is 4. The number of aryl methyl sites for hydroxylation is 1. The van der Waals surface area contributed by atoms with Gasteiger partial charge in [0.15, 0.2) is 0 Å². The molecule has 0 aliphatic rings. The molecule has 0 saturated heterocycles. The Kier molecular flexibility index (Phi) is 4.05. The van der Waals surface area contributed by atoms with Crippen LogP contribution in [-0.2, 0) is 6.54 Å². The number of anilines is 1. The topological polar surface area (TPSA) is 91.6 Å². The summed E-state index contributed by atoms with van der Waals surface area (Å²) in [5.74, 6) is -0.347. The minimum absolute atomic E-state index is 0.184. The number of nitrogens with one attached hydrogen (secondary N) is 2. The lowest BCUT2D eigenvalue weighted by Crippen LogP contribution is -2.28. The van der Waals surface area contributed by atoms with E-state index in [0.29, 0.717) is 17.0 Å². The number of aromatic carboxylic acids is 1. The Balaban J connectivity index is 1.95. The van der Waals surface area contributed by atoms with Gasteiger partial charge in [-0.2, -0.15) is 0 Å². The van der Waals surface area contributed by atoms with E-state index < -0.39 is 5.97 Å². The second-order valence-corrected chi connectivity index (χ2v) is 4.22. The maximum Gasteiger partial charge on any atom is 0.335 e. The molecule has 6 heteroatoms. The predicted molar refractivity (Wildman–Crippen MR) is 72.7 cm³/mol. The zero-order valence-corrected chi connectivity index (χ0v) is 10.8. The lowest BCUT2D eigenvalue weighted by atomic mass is 10.1. The highest BCUT2D eigenvalue weighted by Gasteiger charge is 2.08. The first kappa shape index (κ1) is 13.7. The van der Waals surface area contributed by atoms with Crippen molar-refractivity contribution in [2.45, 2.75) is 13.5 Å². The molecule has 2 rings (SSSR count). The van der Waals surface area contributed by atoms with Crippen LogP contribution >= 0.6 is 0 Å². The summed E-state index contributed by atoms with van der Waals surface area (Å²) in [5, 5.41) is 14.2. The van der Waals surface area contributed by atoms with Crippen molar-refractivity contribution in [3.8, 4) is 0 Å². The summed E-state index contributed by atoms with van der Waals surface area (Å²) in [4.78, 5) is 22.5. The first-order valence-electron chi connectivity index (χ1n) is 5.97. The monoisotopic (exact) mass is 274 g/mol. The van der Waals surface area contributed by atoms with Gasteiger partial charge in [0.1, 0.15) is 5.76 Å². The standard InChI is InChI=1S/C14H14N2O4/c1-9-7-10(13(17)18)4-5-12(9)16-14(19)15-8-11-3-2-6-20-11/h2-7H,8H2,1H3,(H,17,18)(H2,15,16,19). The van der Waals surface area contributed by atoms with E-state index in [-0.39, 0.29) is 18.1 Å². The molecule has 0 saturated carbocycles. The molecule has 0 radical (unpaired) electrons. The Hall–Kier alpha value is -2.76. The predicted octanol–water partition coefficient (Wildman–Crippen LogP) is 2.61. The van der Waals surface area contributed by atoms with E-state index in [9.17, 15) is 9.59 Å². The van der Waals surface area contributed by atoms with Gasteiger partial charge in [0, 0.05) is 5.69 Å². The van der Waals surface area contributed by atoms with Crippen LogP contribution in [0.4, 0.5) is 10.5 Å². The number of benzene rings is 1. The van der Waals surface area contributed by atoms with Gasteiger partial charge in [-0.25, -0.2) is 9.59 Å². The zero-order chi connectivity index (χ0) is 14.5. The van der Waals surface area contributed by atoms with Crippen molar-refractivity contribution in [2.24, 2.45) is 0 Å². The molecule has 6 nitrogen and oxygen atoms in total. The van der Waals surface area contributed by atoms with Crippen molar-refractivity contribution in [3.63, 3.8) is 0 Å². The summed E-state index contributed by atoms with van der Waals surface area (Å²) < 4.78 is 5.09. The van der Waals surface area contributed by atoms with Crippen LogP contribution in [0, 0.1) is 6.92 Å². The van der Waals surface area contributed by atoms with Crippen LogP contribution in [0.25, 0.3) is 0 Å². The van der Waals surface area contributed by atoms with Gasteiger partial charge < -0.3 is 20.2 Å². The maximum absolute atomic E-state index is 11.7. The Bertz CT molecular complexity index is 620. The van der Waals surface area contributed by atoms with E-state index in [1.807, 2.05) is 0 Å². The summed E-state index contributed by atoms with van der Waals surface area (Å²) in [6, 6.07) is 7.62. The highest BCUT2D eigenvalue weighted by Crippen LogP contribution is 2.16. The van der Waals surface area contributed by atoms with Crippen LogP contribution in [0.3, 0.4) is 0 Å². The average molecular weight is 274 g/mol. The maximum atomic E-state index is 11.7. The number of carboxylic acids is 1. The van der Waals surface area contributed by atoms with E-state index >= 15 is 0 Å². The van der Waals surface area contributed by atoms with E-state index in [1.165, 1.54) is 18.4 Å². The fraction of sp³-hybridized carbons (Fsp3) is 0.143. The van der Waals surface area contributed by atoms with Crippen molar-refractivity contribution < 1.29 is 19.1 Å². The molecule has 0 fully saturated rings. The SMILES string of the molecule is Cc1cc(C(=O)O)ccc1NC(=O)NCc1ccco1. The Morgan fingerprint density at radius 2 is 2.10 bits per heavy atom. The first-order chi connectivity index (χ1) is 9.56. The van der Waals surface area contributed by atoms with E-state index in [0.717, 1.165) is 0 Å². The molecular formula is C14H14N2O4. The molecule has 0 bridgehead atoms. The van der Waals surface area contributed by atoms with E-state index in [2.05, 4.69) is 10.6 Å². The number of urea groups is 1. The van der Waals surface area contributed by atoms with Crippen molar-refractivity contribution in [1.29, 1.82) is 0 Å². The summed E-state index contributed by atoms with van der Waals surface area (Å²) in [6.45, 7) is 2.01. The Morgan fingerprint density at radius 3 is 2.70 bits per heavy atom. The third kappa shape index (κ3) is 3.38. The third-order valence-corrected chi connectivity index (χ3v) is 2.72. The fourth-order valence-electron chi connectivity index (χ4n) is 1.68. The highest BCUT2D eigenvalue weighted by molar-refractivity contribution is 5.92. The minimum atomic E-state index is -0.998. The number of carboxylic acid groups (broad SMARTS) is 1. The molecule has 1 heterocycles. The molecule has 1 aromatic carbocycles.